The Bertz CT molecular complexity index is 1360. The number of carbonyl (C=O) groups excluding carboxylic acids is 2. The van der Waals surface area contributed by atoms with Gasteiger partial charge in [-0.2, -0.15) is 5.26 Å². The maximum Gasteiger partial charge on any atom is 0.250 e. The fourth-order valence-corrected chi connectivity index (χ4v) is 6.21. The number of ketones is 1. The largest absolute Gasteiger partial charge is 0.492 e. The van der Waals surface area contributed by atoms with Gasteiger partial charge in [0.05, 0.1) is 17.2 Å². The number of fused-ring (bicyclic) bond motifs is 4. The van der Waals surface area contributed by atoms with E-state index in [-0.39, 0.29) is 24.2 Å². The summed E-state index contributed by atoms with van der Waals surface area (Å²) in [5.74, 6) is -0.0651. The zero-order valence-corrected chi connectivity index (χ0v) is 18.0. The van der Waals surface area contributed by atoms with Crippen molar-refractivity contribution < 1.29 is 14.3 Å². The second-order valence-electron chi connectivity index (χ2n) is 8.96. The summed E-state index contributed by atoms with van der Waals surface area (Å²) in [6.07, 6.45) is 0. The number of hydrogen-bond donors (Lipinski definition) is 1. The van der Waals surface area contributed by atoms with Crippen molar-refractivity contribution in [3.63, 3.8) is 0 Å². The third-order valence-corrected chi connectivity index (χ3v) is 7.60. The van der Waals surface area contributed by atoms with Crippen LogP contribution in [-0.2, 0) is 10.3 Å². The maximum absolute atomic E-state index is 14.5. The molecule has 0 unspecified atom stereocenters. The Morgan fingerprint density at radius 3 is 2.55 bits per heavy atom. The van der Waals surface area contributed by atoms with E-state index in [0.717, 1.165) is 16.8 Å². The standard InChI is InChI=1S/C27H21N3O3/c1-30-15-21(18-12-10-17(14-28)11-13-18)26(16-33-23-9-5-2-6-19(23)24(26)31)27(30)20-7-3-4-8-22(20)29-25(27)32/h2-13,21H,15-16H2,1H3,(H,29,32)/t21-,26-,27+/m1/s1. The molecule has 1 saturated heterocycles. The Balaban J connectivity index is 1.65. The Morgan fingerprint density at radius 2 is 1.76 bits per heavy atom. The molecule has 6 nitrogen and oxygen atoms in total. The number of hydrogen-bond acceptors (Lipinski definition) is 5. The molecular weight excluding hydrogens is 414 g/mol. The van der Waals surface area contributed by atoms with Gasteiger partial charge < -0.3 is 10.1 Å². The number of benzene rings is 3. The van der Waals surface area contributed by atoms with Crippen LogP contribution < -0.4 is 10.1 Å². The molecule has 0 radical (unpaired) electrons. The summed E-state index contributed by atoms with van der Waals surface area (Å²) >= 11 is 0. The van der Waals surface area contributed by atoms with E-state index in [1.165, 1.54) is 0 Å². The highest BCUT2D eigenvalue weighted by atomic mass is 16.5. The van der Waals surface area contributed by atoms with Gasteiger partial charge in [-0.15, -0.1) is 0 Å². The van der Waals surface area contributed by atoms with Crippen LogP contribution in [0.25, 0.3) is 0 Å². The van der Waals surface area contributed by atoms with Gasteiger partial charge in [-0.05, 0) is 42.9 Å². The molecule has 1 amide bonds. The Kier molecular flexibility index (Phi) is 4.05. The number of nitrogens with zero attached hydrogens (tertiary/aromatic N) is 2. The minimum absolute atomic E-state index is 0.0829. The second-order valence-corrected chi connectivity index (χ2v) is 8.96. The Labute approximate surface area is 191 Å². The van der Waals surface area contributed by atoms with E-state index >= 15 is 0 Å². The zero-order chi connectivity index (χ0) is 22.8. The van der Waals surface area contributed by atoms with Crippen LogP contribution in [0.1, 0.15) is 33.0 Å². The number of rotatable bonds is 1. The first-order chi connectivity index (χ1) is 16.0. The van der Waals surface area contributed by atoms with Crippen LogP contribution in [-0.4, -0.2) is 36.8 Å². The summed E-state index contributed by atoms with van der Waals surface area (Å²) in [5, 5.41) is 12.3. The maximum atomic E-state index is 14.5. The molecule has 3 aliphatic rings. The first kappa shape index (κ1) is 19.7. The first-order valence-electron chi connectivity index (χ1n) is 10.9. The highest BCUT2D eigenvalue weighted by molar-refractivity contribution is 6.15. The number of para-hydroxylation sites is 2. The molecule has 1 N–H and O–H groups in total. The highest BCUT2D eigenvalue weighted by Crippen LogP contribution is 2.64. The van der Waals surface area contributed by atoms with Gasteiger partial charge in [-0.25, -0.2) is 0 Å². The van der Waals surface area contributed by atoms with Gasteiger partial charge in [0, 0.05) is 23.7 Å². The molecule has 0 aliphatic carbocycles. The first-order valence-corrected chi connectivity index (χ1v) is 10.9. The van der Waals surface area contributed by atoms with Crippen molar-refractivity contribution in [1.29, 1.82) is 5.26 Å². The van der Waals surface area contributed by atoms with Crippen molar-refractivity contribution >= 4 is 17.4 Å². The third-order valence-electron chi connectivity index (χ3n) is 7.60. The minimum atomic E-state index is -1.22. The molecule has 6 rings (SSSR count). The average molecular weight is 435 g/mol. The number of anilines is 1. The molecule has 6 heteroatoms. The topological polar surface area (TPSA) is 82.4 Å². The van der Waals surface area contributed by atoms with Gasteiger partial charge in [0.1, 0.15) is 23.3 Å². The lowest BCUT2D eigenvalue weighted by molar-refractivity contribution is -0.131. The SMILES string of the molecule is CN1C[C@H](c2ccc(C#N)cc2)[C@@]2(COc3ccccc3C2=O)[C@]12C(=O)Nc1ccccc12. The number of likely N-dealkylation sites (N-methyl/N-ethyl adjacent to an activating group) is 1. The van der Waals surface area contributed by atoms with E-state index in [1.54, 1.807) is 24.3 Å². The van der Waals surface area contributed by atoms with Crippen molar-refractivity contribution in [3.8, 4) is 11.8 Å². The van der Waals surface area contributed by atoms with Gasteiger partial charge in [0.15, 0.2) is 5.78 Å². The number of amides is 1. The summed E-state index contributed by atoms with van der Waals surface area (Å²) in [6.45, 7) is 0.574. The van der Waals surface area contributed by atoms with Crippen molar-refractivity contribution in [1.82, 2.24) is 4.90 Å². The smallest absolute Gasteiger partial charge is 0.250 e. The summed E-state index contributed by atoms with van der Waals surface area (Å²) in [6, 6.07) is 24.3. The van der Waals surface area contributed by atoms with E-state index in [9.17, 15) is 14.9 Å². The molecule has 3 heterocycles. The van der Waals surface area contributed by atoms with E-state index in [2.05, 4.69) is 11.4 Å². The Morgan fingerprint density at radius 1 is 1.03 bits per heavy atom. The number of nitrogens with one attached hydrogen (secondary N) is 1. The molecule has 0 bridgehead atoms. The number of nitriles is 1. The molecule has 3 aliphatic heterocycles. The lowest BCUT2D eigenvalue weighted by Gasteiger charge is -2.47. The predicted molar refractivity (Wildman–Crippen MR) is 122 cm³/mol. The summed E-state index contributed by atoms with van der Waals surface area (Å²) in [4.78, 5) is 30.3. The summed E-state index contributed by atoms with van der Waals surface area (Å²) in [5.41, 5.74) is 1.08. The van der Waals surface area contributed by atoms with Gasteiger partial charge in [0.25, 0.3) is 5.91 Å². The fourth-order valence-electron chi connectivity index (χ4n) is 6.21. The molecule has 3 aromatic rings. The van der Waals surface area contributed by atoms with Crippen LogP contribution in [0, 0.1) is 16.7 Å². The zero-order valence-electron chi connectivity index (χ0n) is 18.0. The van der Waals surface area contributed by atoms with Gasteiger partial charge in [0.2, 0.25) is 0 Å². The number of Topliss-reactive ketones (excluding diaryl/α,β-unsaturated/α-hetero) is 1. The fraction of sp³-hybridized carbons (Fsp3) is 0.222. The second kappa shape index (κ2) is 6.77. The van der Waals surface area contributed by atoms with Crippen LogP contribution in [0.3, 0.4) is 0 Å². The van der Waals surface area contributed by atoms with Crippen LogP contribution in [0.5, 0.6) is 5.75 Å². The van der Waals surface area contributed by atoms with E-state index < -0.39 is 11.0 Å². The minimum Gasteiger partial charge on any atom is -0.492 e. The third kappa shape index (κ3) is 2.30. The van der Waals surface area contributed by atoms with Crippen LogP contribution in [0.2, 0.25) is 0 Å². The van der Waals surface area contributed by atoms with Crippen molar-refractivity contribution in [2.45, 2.75) is 11.5 Å². The van der Waals surface area contributed by atoms with Crippen molar-refractivity contribution in [2.75, 3.05) is 25.5 Å². The lowest BCUT2D eigenvalue weighted by atomic mass is 9.57. The molecule has 2 spiro atoms. The molecule has 33 heavy (non-hydrogen) atoms. The summed E-state index contributed by atoms with van der Waals surface area (Å²) < 4.78 is 6.25. The van der Waals surface area contributed by atoms with Gasteiger partial charge in [-0.3, -0.25) is 14.5 Å². The number of ether oxygens (including phenoxy) is 1. The molecule has 1 fully saturated rings. The van der Waals surface area contributed by atoms with E-state index in [1.807, 2.05) is 60.5 Å². The molecule has 0 aromatic heterocycles. The van der Waals surface area contributed by atoms with Crippen LogP contribution >= 0.6 is 0 Å². The molecular formula is C27H21N3O3. The number of likely N-dealkylation sites (tertiary alicyclic amines) is 1. The highest BCUT2D eigenvalue weighted by Gasteiger charge is 2.75. The van der Waals surface area contributed by atoms with Crippen molar-refractivity contribution in [3.05, 3.63) is 95.1 Å². The predicted octanol–water partition coefficient (Wildman–Crippen LogP) is 3.70. The van der Waals surface area contributed by atoms with Crippen molar-refractivity contribution in [2.24, 2.45) is 5.41 Å². The average Bonchev–Trinajstić information content (AvgIpc) is 3.30. The van der Waals surface area contributed by atoms with E-state index in [0.29, 0.717) is 23.4 Å². The van der Waals surface area contributed by atoms with Crippen LogP contribution in [0.4, 0.5) is 5.69 Å². The monoisotopic (exact) mass is 435 g/mol. The summed E-state index contributed by atoms with van der Waals surface area (Å²) in [7, 11) is 1.90. The normalized spacial score (nSPS) is 27.7. The quantitative estimate of drug-likeness (QED) is 0.630. The van der Waals surface area contributed by atoms with Gasteiger partial charge in [-0.1, -0.05) is 42.5 Å². The molecule has 0 saturated carbocycles. The van der Waals surface area contributed by atoms with Crippen LogP contribution in [0.15, 0.2) is 72.8 Å². The Hall–Kier alpha value is -3.95. The van der Waals surface area contributed by atoms with E-state index in [4.69, 9.17) is 4.74 Å². The molecule has 162 valence electrons. The number of carbonyl (C=O) groups is 2. The lowest BCUT2D eigenvalue weighted by Crippen LogP contribution is -2.62. The van der Waals surface area contributed by atoms with Gasteiger partial charge >= 0.3 is 0 Å². The molecule has 3 aromatic carbocycles. The molecule has 3 atom stereocenters.